The van der Waals surface area contributed by atoms with Crippen molar-refractivity contribution in [3.8, 4) is 0 Å². The van der Waals surface area contributed by atoms with Gasteiger partial charge in [-0.3, -0.25) is 4.79 Å². The first-order chi connectivity index (χ1) is 19.2. The Bertz CT molecular complexity index is 2000. The number of benzene rings is 3. The monoisotopic (exact) mass is 580 g/mol. The fourth-order valence-corrected chi connectivity index (χ4v) is 6.73. The van der Waals surface area contributed by atoms with Crippen molar-refractivity contribution < 1.29 is 31.5 Å². The van der Waals surface area contributed by atoms with E-state index in [1.807, 2.05) is 6.92 Å². The van der Waals surface area contributed by atoms with E-state index in [9.17, 15) is 31.5 Å². The molecule has 2 N–H and O–H groups in total. The molecule has 0 saturated carbocycles. The number of aryl methyl sites for hydroxylation is 3. The normalized spacial score (nSPS) is 14.1. The quantitative estimate of drug-likeness (QED) is 0.234. The highest BCUT2D eigenvalue weighted by atomic mass is 32.2. The van der Waals surface area contributed by atoms with Crippen LogP contribution in [0.1, 0.15) is 39.2 Å². The highest BCUT2D eigenvalue weighted by molar-refractivity contribution is 7.95. The molecule has 0 saturated heterocycles. The van der Waals surface area contributed by atoms with Crippen LogP contribution < -0.4 is 0 Å². The zero-order valence-corrected chi connectivity index (χ0v) is 23.5. The summed E-state index contributed by atoms with van der Waals surface area (Å²) in [5, 5.41) is 12.1. The summed E-state index contributed by atoms with van der Waals surface area (Å²) in [4.78, 5) is 14.5. The first-order valence-corrected chi connectivity index (χ1v) is 14.3. The largest absolute Gasteiger partial charge is 0.480 e. The minimum atomic E-state index is -4.63. The van der Waals surface area contributed by atoms with Crippen molar-refractivity contribution in [2.24, 2.45) is 0 Å². The summed E-state index contributed by atoms with van der Waals surface area (Å²) in [7, 11) is -3.93. The number of sulfone groups is 1. The molecular formula is C31H27F3N2O4S. The first kappa shape index (κ1) is 28.2. The molecule has 0 spiro atoms. The Balaban J connectivity index is 0.000000255. The lowest BCUT2D eigenvalue weighted by Gasteiger charge is -2.11. The van der Waals surface area contributed by atoms with E-state index in [4.69, 9.17) is 0 Å². The molecule has 3 aromatic carbocycles. The molecular weight excluding hydrogens is 553 g/mol. The maximum atomic E-state index is 13.3. The van der Waals surface area contributed by atoms with E-state index in [0.717, 1.165) is 29.2 Å². The van der Waals surface area contributed by atoms with Gasteiger partial charge in [-0.2, -0.15) is 13.2 Å². The van der Waals surface area contributed by atoms with Gasteiger partial charge in [0.1, 0.15) is 6.54 Å². The second kappa shape index (κ2) is 9.95. The number of fused-ring (bicyclic) bond motifs is 3. The first-order valence-electron chi connectivity index (χ1n) is 12.7. The van der Waals surface area contributed by atoms with Crippen LogP contribution in [-0.2, 0) is 27.4 Å². The van der Waals surface area contributed by atoms with Crippen LogP contribution in [0.15, 0.2) is 71.0 Å². The summed E-state index contributed by atoms with van der Waals surface area (Å²) in [6, 6.07) is 16.4. The predicted octanol–water partition coefficient (Wildman–Crippen LogP) is 7.32. The van der Waals surface area contributed by atoms with Gasteiger partial charge in [0.2, 0.25) is 9.84 Å². The van der Waals surface area contributed by atoms with Crippen LogP contribution in [-0.4, -0.2) is 29.0 Å². The average Bonchev–Trinajstić information content (AvgIpc) is 3.46. The molecule has 0 radical (unpaired) electrons. The van der Waals surface area contributed by atoms with E-state index in [0.29, 0.717) is 22.2 Å². The molecule has 6 rings (SSSR count). The number of alkyl halides is 3. The second-order valence-electron chi connectivity index (χ2n) is 10.3. The Hall–Kier alpha value is -4.31. The van der Waals surface area contributed by atoms with Gasteiger partial charge in [0.25, 0.3) is 0 Å². The molecule has 2 aromatic heterocycles. The second-order valence-corrected chi connectivity index (χ2v) is 12.1. The van der Waals surface area contributed by atoms with E-state index >= 15 is 0 Å². The third-order valence-electron chi connectivity index (χ3n) is 7.13. The molecule has 0 bridgehead atoms. The number of carbonyl (C=O) groups is 1. The van der Waals surface area contributed by atoms with Crippen LogP contribution in [0.3, 0.4) is 0 Å². The fraction of sp³-hybridized carbons (Fsp3) is 0.194. The molecule has 0 aliphatic carbocycles. The lowest BCUT2D eigenvalue weighted by molar-refractivity contribution is -0.138. The maximum absolute atomic E-state index is 13.3. The summed E-state index contributed by atoms with van der Waals surface area (Å²) in [6.45, 7) is 7.28. The standard InChI is InChI=1S/C21H16F3NO4S.C10H11N/c1-11-3-5-17-15(7-11)20(12(2)25(17)9-19(26)27)16-10-30(28,29)18-6-4-13(8-14(16)18)21(22,23)24;1-7-3-4-10-9(5-7)6-8(2)11-10/h3-8,10H,9H2,1-2H3,(H,26,27);3-6,11H,1-2H3. The van der Waals surface area contributed by atoms with Crippen molar-refractivity contribution in [2.75, 3.05) is 0 Å². The van der Waals surface area contributed by atoms with Gasteiger partial charge in [0, 0.05) is 49.9 Å². The molecule has 0 fully saturated rings. The third-order valence-corrected chi connectivity index (χ3v) is 8.64. The number of hydrogen-bond donors (Lipinski definition) is 2. The van der Waals surface area contributed by atoms with E-state index in [1.54, 1.807) is 25.1 Å². The summed E-state index contributed by atoms with van der Waals surface area (Å²) in [6.07, 6.45) is -4.63. The van der Waals surface area contributed by atoms with E-state index < -0.39 is 27.5 Å². The highest BCUT2D eigenvalue weighted by Crippen LogP contribution is 2.44. The number of carboxylic acids is 1. The third kappa shape index (κ3) is 5.27. The summed E-state index contributed by atoms with van der Waals surface area (Å²) >= 11 is 0. The van der Waals surface area contributed by atoms with Crippen LogP contribution in [0, 0.1) is 27.7 Å². The Morgan fingerprint density at radius 2 is 1.61 bits per heavy atom. The van der Waals surface area contributed by atoms with E-state index in [-0.39, 0.29) is 22.6 Å². The van der Waals surface area contributed by atoms with Gasteiger partial charge in [0.15, 0.2) is 0 Å². The molecule has 6 nitrogen and oxygen atoms in total. The van der Waals surface area contributed by atoms with Crippen molar-refractivity contribution in [1.29, 1.82) is 0 Å². The zero-order valence-electron chi connectivity index (χ0n) is 22.7. The molecule has 41 heavy (non-hydrogen) atoms. The van der Waals surface area contributed by atoms with Crippen LogP contribution >= 0.6 is 0 Å². The molecule has 0 atom stereocenters. The maximum Gasteiger partial charge on any atom is 0.416 e. The highest BCUT2D eigenvalue weighted by Gasteiger charge is 2.36. The van der Waals surface area contributed by atoms with Crippen molar-refractivity contribution in [2.45, 2.75) is 45.3 Å². The number of H-pyrrole nitrogens is 1. The van der Waals surface area contributed by atoms with E-state index in [2.05, 4.69) is 43.1 Å². The topological polar surface area (TPSA) is 92.2 Å². The Kier molecular flexibility index (Phi) is 6.85. The Morgan fingerprint density at radius 1 is 0.927 bits per heavy atom. The number of aromatic nitrogens is 2. The van der Waals surface area contributed by atoms with Gasteiger partial charge in [-0.15, -0.1) is 0 Å². The van der Waals surface area contributed by atoms with Gasteiger partial charge in [-0.1, -0.05) is 23.3 Å². The molecule has 5 aromatic rings. The van der Waals surface area contributed by atoms with Crippen LogP contribution in [0.2, 0.25) is 0 Å². The van der Waals surface area contributed by atoms with Crippen LogP contribution in [0.5, 0.6) is 0 Å². The number of carboxylic acid groups (broad SMARTS) is 1. The minimum Gasteiger partial charge on any atom is -0.480 e. The number of aliphatic carboxylic acids is 1. The van der Waals surface area contributed by atoms with Crippen molar-refractivity contribution in [3.63, 3.8) is 0 Å². The molecule has 212 valence electrons. The molecule has 0 unspecified atom stereocenters. The van der Waals surface area contributed by atoms with Crippen LogP contribution in [0.25, 0.3) is 27.4 Å². The summed E-state index contributed by atoms with van der Waals surface area (Å²) in [5.74, 6) is -1.09. The minimum absolute atomic E-state index is 0.0381. The average molecular weight is 581 g/mol. The molecule has 1 aliphatic heterocycles. The number of rotatable bonds is 3. The van der Waals surface area contributed by atoms with Crippen LogP contribution in [0.4, 0.5) is 13.2 Å². The number of aromatic amines is 1. The fourth-order valence-electron chi connectivity index (χ4n) is 5.31. The van der Waals surface area contributed by atoms with Gasteiger partial charge in [0.05, 0.1) is 10.5 Å². The van der Waals surface area contributed by atoms with Gasteiger partial charge in [-0.05, 0) is 81.6 Å². The van der Waals surface area contributed by atoms with Gasteiger partial charge in [-0.25, -0.2) is 8.42 Å². The number of halogens is 3. The molecule has 0 amide bonds. The lowest BCUT2D eigenvalue weighted by atomic mass is 9.95. The smallest absolute Gasteiger partial charge is 0.416 e. The summed E-state index contributed by atoms with van der Waals surface area (Å²) in [5.41, 5.74) is 5.21. The SMILES string of the molecule is Cc1ccc2[nH]c(C)cc2c1.Cc1ccc2c(c1)c(C1=CS(=O)(=O)c3ccc(C(F)(F)F)cc31)c(C)n2CC(=O)O. The van der Waals surface area contributed by atoms with E-state index in [1.165, 1.54) is 26.7 Å². The van der Waals surface area contributed by atoms with Gasteiger partial charge >= 0.3 is 12.1 Å². The van der Waals surface area contributed by atoms with Crippen molar-refractivity contribution >= 4 is 43.2 Å². The molecule has 1 aliphatic rings. The number of hydrogen-bond acceptors (Lipinski definition) is 3. The number of nitrogens with zero attached hydrogens (tertiary/aromatic N) is 1. The predicted molar refractivity (Wildman–Crippen MR) is 153 cm³/mol. The molecule has 10 heteroatoms. The molecule has 3 heterocycles. The summed E-state index contributed by atoms with van der Waals surface area (Å²) < 4.78 is 66.6. The Labute approximate surface area is 234 Å². The Morgan fingerprint density at radius 3 is 2.29 bits per heavy atom. The number of nitrogens with one attached hydrogen (secondary N) is 1. The lowest BCUT2D eigenvalue weighted by Crippen LogP contribution is -2.10. The van der Waals surface area contributed by atoms with Crippen molar-refractivity contribution in [1.82, 2.24) is 9.55 Å². The van der Waals surface area contributed by atoms with Gasteiger partial charge < -0.3 is 14.7 Å². The zero-order chi connectivity index (χ0) is 29.9. The van der Waals surface area contributed by atoms with Crippen molar-refractivity contribution in [3.05, 3.63) is 105 Å².